The number of nitrogens with zero attached hydrogens (tertiary/aromatic N) is 1. The summed E-state index contributed by atoms with van der Waals surface area (Å²) in [7, 11) is 0. The SMILES string of the molecule is O=C(CN1C(=O)NC(=O)C12CCCC2)NC1CCCCC1. The van der Waals surface area contributed by atoms with Gasteiger partial charge in [0.25, 0.3) is 5.91 Å². The minimum Gasteiger partial charge on any atom is -0.352 e. The van der Waals surface area contributed by atoms with Gasteiger partial charge < -0.3 is 10.2 Å². The molecule has 0 unspecified atom stereocenters. The van der Waals surface area contributed by atoms with E-state index in [1.54, 1.807) is 0 Å². The summed E-state index contributed by atoms with van der Waals surface area (Å²) in [6, 6.07) is -0.187. The predicted molar refractivity (Wildman–Crippen MR) is 76.5 cm³/mol. The number of urea groups is 1. The zero-order valence-corrected chi connectivity index (χ0v) is 12.3. The van der Waals surface area contributed by atoms with Gasteiger partial charge in [-0.25, -0.2) is 4.79 Å². The van der Waals surface area contributed by atoms with Crippen molar-refractivity contribution in [3.05, 3.63) is 0 Å². The third-order valence-corrected chi connectivity index (χ3v) is 5.11. The van der Waals surface area contributed by atoms with Gasteiger partial charge in [-0.1, -0.05) is 32.1 Å². The molecule has 0 aromatic rings. The second-order valence-electron chi connectivity index (χ2n) is 6.49. The van der Waals surface area contributed by atoms with Crippen LogP contribution in [0.1, 0.15) is 57.8 Å². The first-order valence-corrected chi connectivity index (χ1v) is 8.04. The summed E-state index contributed by atoms with van der Waals surface area (Å²) in [5, 5.41) is 5.39. The van der Waals surface area contributed by atoms with E-state index < -0.39 is 11.6 Å². The Labute approximate surface area is 124 Å². The Morgan fingerprint density at radius 3 is 2.48 bits per heavy atom. The van der Waals surface area contributed by atoms with Crippen molar-refractivity contribution in [2.24, 2.45) is 0 Å². The average Bonchev–Trinajstić information content (AvgIpc) is 3.03. The fourth-order valence-corrected chi connectivity index (χ4v) is 3.94. The van der Waals surface area contributed by atoms with E-state index in [1.807, 2.05) is 0 Å². The molecular formula is C15H23N3O3. The molecule has 3 rings (SSSR count). The smallest absolute Gasteiger partial charge is 0.325 e. The highest BCUT2D eigenvalue weighted by Gasteiger charge is 2.54. The summed E-state index contributed by atoms with van der Waals surface area (Å²) < 4.78 is 0. The summed E-state index contributed by atoms with van der Waals surface area (Å²) in [6.45, 7) is -0.00588. The van der Waals surface area contributed by atoms with Gasteiger partial charge in [-0.2, -0.15) is 0 Å². The monoisotopic (exact) mass is 293 g/mol. The molecule has 0 atom stereocenters. The van der Waals surface area contributed by atoms with Crippen molar-refractivity contribution < 1.29 is 14.4 Å². The van der Waals surface area contributed by atoms with E-state index in [0.29, 0.717) is 12.8 Å². The molecule has 2 N–H and O–H groups in total. The van der Waals surface area contributed by atoms with E-state index >= 15 is 0 Å². The highest BCUT2D eigenvalue weighted by molar-refractivity contribution is 6.08. The molecular weight excluding hydrogens is 270 g/mol. The molecule has 2 aliphatic carbocycles. The van der Waals surface area contributed by atoms with Crippen LogP contribution in [0, 0.1) is 0 Å². The van der Waals surface area contributed by atoms with Gasteiger partial charge in [0.05, 0.1) is 0 Å². The first-order chi connectivity index (χ1) is 10.1. The third kappa shape index (κ3) is 2.63. The Hall–Kier alpha value is -1.59. The summed E-state index contributed by atoms with van der Waals surface area (Å²) in [5.74, 6) is -0.367. The summed E-state index contributed by atoms with van der Waals surface area (Å²) in [5.41, 5.74) is -0.763. The van der Waals surface area contributed by atoms with Crippen molar-refractivity contribution in [2.75, 3.05) is 6.54 Å². The first-order valence-electron chi connectivity index (χ1n) is 8.04. The quantitative estimate of drug-likeness (QED) is 0.770. The minimum atomic E-state index is -0.763. The fraction of sp³-hybridized carbons (Fsp3) is 0.800. The van der Waals surface area contributed by atoms with Crippen LogP contribution in [-0.4, -0.2) is 40.9 Å². The third-order valence-electron chi connectivity index (χ3n) is 5.11. The van der Waals surface area contributed by atoms with Crippen molar-refractivity contribution in [1.82, 2.24) is 15.5 Å². The number of rotatable bonds is 3. The fourth-order valence-electron chi connectivity index (χ4n) is 3.94. The maximum Gasteiger partial charge on any atom is 0.325 e. The molecule has 0 aromatic heterocycles. The molecule has 0 bridgehead atoms. The predicted octanol–water partition coefficient (Wildman–Crippen LogP) is 1.30. The van der Waals surface area contributed by atoms with E-state index in [1.165, 1.54) is 11.3 Å². The largest absolute Gasteiger partial charge is 0.352 e. The van der Waals surface area contributed by atoms with Crippen molar-refractivity contribution >= 4 is 17.8 Å². The molecule has 0 aromatic carbocycles. The van der Waals surface area contributed by atoms with Crippen LogP contribution in [-0.2, 0) is 9.59 Å². The molecule has 21 heavy (non-hydrogen) atoms. The molecule has 116 valence electrons. The second kappa shape index (κ2) is 5.66. The van der Waals surface area contributed by atoms with Crippen LogP contribution >= 0.6 is 0 Å². The van der Waals surface area contributed by atoms with Gasteiger partial charge in [0.2, 0.25) is 5.91 Å². The molecule has 3 fully saturated rings. The van der Waals surface area contributed by atoms with Gasteiger partial charge in [0, 0.05) is 6.04 Å². The van der Waals surface area contributed by atoms with Crippen LogP contribution in [0.15, 0.2) is 0 Å². The molecule has 1 spiro atoms. The van der Waals surface area contributed by atoms with Crippen LogP contribution in [0.4, 0.5) is 4.79 Å². The average molecular weight is 293 g/mol. The van der Waals surface area contributed by atoms with Crippen LogP contribution in [0.25, 0.3) is 0 Å². The lowest BCUT2D eigenvalue weighted by atomic mass is 9.95. The number of imide groups is 1. The molecule has 3 aliphatic rings. The topological polar surface area (TPSA) is 78.5 Å². The molecule has 1 heterocycles. The Kier molecular flexibility index (Phi) is 3.87. The van der Waals surface area contributed by atoms with Gasteiger partial charge in [-0.05, 0) is 25.7 Å². The lowest BCUT2D eigenvalue weighted by Gasteiger charge is -2.31. The maximum absolute atomic E-state index is 12.2. The van der Waals surface area contributed by atoms with E-state index in [4.69, 9.17) is 0 Å². The van der Waals surface area contributed by atoms with E-state index in [-0.39, 0.29) is 24.4 Å². The van der Waals surface area contributed by atoms with Gasteiger partial charge in [-0.15, -0.1) is 0 Å². The van der Waals surface area contributed by atoms with E-state index in [2.05, 4.69) is 10.6 Å². The van der Waals surface area contributed by atoms with Gasteiger partial charge in [0.15, 0.2) is 0 Å². The number of carbonyl (C=O) groups excluding carboxylic acids is 3. The number of amides is 4. The van der Waals surface area contributed by atoms with Crippen LogP contribution in [0.2, 0.25) is 0 Å². The molecule has 4 amide bonds. The highest BCUT2D eigenvalue weighted by Crippen LogP contribution is 2.38. The maximum atomic E-state index is 12.2. The Bertz CT molecular complexity index is 451. The van der Waals surface area contributed by atoms with Crippen molar-refractivity contribution in [3.63, 3.8) is 0 Å². The molecule has 1 saturated heterocycles. The standard InChI is InChI=1S/C15H23N3O3/c19-12(16-11-6-2-1-3-7-11)10-18-14(21)17-13(20)15(18)8-4-5-9-15/h11H,1-10H2,(H,16,19)(H,17,20,21). The lowest BCUT2D eigenvalue weighted by Crippen LogP contribution is -2.52. The lowest BCUT2D eigenvalue weighted by molar-refractivity contribution is -0.128. The van der Waals surface area contributed by atoms with Crippen LogP contribution in [0.3, 0.4) is 0 Å². The van der Waals surface area contributed by atoms with Crippen molar-refractivity contribution in [3.8, 4) is 0 Å². The van der Waals surface area contributed by atoms with Crippen molar-refractivity contribution in [1.29, 1.82) is 0 Å². The second-order valence-corrected chi connectivity index (χ2v) is 6.49. The molecule has 2 saturated carbocycles. The zero-order valence-electron chi connectivity index (χ0n) is 12.3. The van der Waals surface area contributed by atoms with Crippen molar-refractivity contribution in [2.45, 2.75) is 69.4 Å². The Morgan fingerprint density at radius 2 is 1.81 bits per heavy atom. The Balaban J connectivity index is 1.63. The normalized spacial score (nSPS) is 25.4. The number of carbonyl (C=O) groups is 3. The first kappa shape index (κ1) is 14.4. The number of hydrogen-bond donors (Lipinski definition) is 2. The molecule has 0 radical (unpaired) electrons. The molecule has 1 aliphatic heterocycles. The summed E-state index contributed by atoms with van der Waals surface area (Å²) in [4.78, 5) is 37.7. The van der Waals surface area contributed by atoms with Crippen LogP contribution < -0.4 is 10.6 Å². The van der Waals surface area contributed by atoms with Gasteiger partial charge in [0.1, 0.15) is 12.1 Å². The zero-order chi connectivity index (χ0) is 14.9. The summed E-state index contributed by atoms with van der Waals surface area (Å²) in [6.07, 6.45) is 8.77. The van der Waals surface area contributed by atoms with E-state index in [9.17, 15) is 14.4 Å². The Morgan fingerprint density at radius 1 is 1.14 bits per heavy atom. The van der Waals surface area contributed by atoms with Crippen LogP contribution in [0.5, 0.6) is 0 Å². The molecule has 6 nitrogen and oxygen atoms in total. The highest BCUT2D eigenvalue weighted by atomic mass is 16.2. The number of hydrogen-bond acceptors (Lipinski definition) is 3. The minimum absolute atomic E-state index is 0.00588. The number of nitrogens with one attached hydrogen (secondary N) is 2. The molecule has 6 heteroatoms. The van der Waals surface area contributed by atoms with Gasteiger partial charge in [-0.3, -0.25) is 14.9 Å². The van der Waals surface area contributed by atoms with E-state index in [0.717, 1.165) is 38.5 Å². The van der Waals surface area contributed by atoms with Gasteiger partial charge >= 0.3 is 6.03 Å². The summed E-state index contributed by atoms with van der Waals surface area (Å²) >= 11 is 0.